The molecule has 10 aromatic carbocycles. The van der Waals surface area contributed by atoms with Crippen molar-refractivity contribution >= 4 is 109 Å². The van der Waals surface area contributed by atoms with E-state index in [1.807, 2.05) is 18.2 Å². The van der Waals surface area contributed by atoms with Gasteiger partial charge < -0.3 is 22.7 Å². The summed E-state index contributed by atoms with van der Waals surface area (Å²) >= 11 is 0. The van der Waals surface area contributed by atoms with Crippen molar-refractivity contribution in [2.24, 2.45) is 0 Å². The van der Waals surface area contributed by atoms with Crippen LogP contribution in [-0.4, -0.2) is 18.3 Å². The molecule has 0 bridgehead atoms. The van der Waals surface area contributed by atoms with Gasteiger partial charge in [-0.05, 0) is 67.6 Å². The summed E-state index contributed by atoms with van der Waals surface area (Å²) in [5, 5.41) is 35.2. The van der Waals surface area contributed by atoms with Gasteiger partial charge in [-0.15, -0.1) is 0 Å². The maximum Gasteiger partial charge on any atom is 0.137 e. The lowest BCUT2D eigenvalue weighted by molar-refractivity contribution is 0.669. The molecule has 7 nitrogen and oxygen atoms in total. The third-order valence-corrected chi connectivity index (χ3v) is 14.7. The molecule has 0 atom stereocenters. The Balaban J connectivity index is 1.27. The fourth-order valence-electron chi connectivity index (χ4n) is 11.9. The molecular weight excluding hydrogens is 857 g/mol. The summed E-state index contributed by atoms with van der Waals surface area (Å²) in [5.74, 6) is 0. The molecule has 0 aliphatic carbocycles. The molecule has 0 fully saturated rings. The van der Waals surface area contributed by atoms with E-state index >= 15 is 0 Å². The SMILES string of the molecule is Cc1ccc2c(c1)c1cc3c(cc1n2-c1c(C#N)c(-n2c4ccccc4c4ccccc42)c(-n2c4ccccc4c4ccccc42)c(-n2c4ccccc4c4ccccc42)c1C#N)oc1ccccc13. The van der Waals surface area contributed by atoms with Crippen molar-refractivity contribution in [3.63, 3.8) is 0 Å². The van der Waals surface area contributed by atoms with Gasteiger partial charge in [0.15, 0.2) is 0 Å². The quantitative estimate of drug-likeness (QED) is 0.176. The first kappa shape index (κ1) is 38.3. The van der Waals surface area contributed by atoms with E-state index in [1.165, 1.54) is 0 Å². The average Bonchev–Trinajstić information content (AvgIpc) is 4.20. The van der Waals surface area contributed by atoms with Crippen molar-refractivity contribution in [3.05, 3.63) is 217 Å². The third kappa shape index (κ3) is 4.94. The van der Waals surface area contributed by atoms with Gasteiger partial charge in [-0.1, -0.05) is 139 Å². The zero-order valence-electron chi connectivity index (χ0n) is 37.6. The van der Waals surface area contributed by atoms with Crippen molar-refractivity contribution in [1.82, 2.24) is 18.3 Å². The first-order chi connectivity index (χ1) is 34.6. The number of hydrogen-bond donors (Lipinski definition) is 0. The number of benzene rings is 10. The number of para-hydroxylation sites is 7. The van der Waals surface area contributed by atoms with Crippen LogP contribution in [0.1, 0.15) is 16.7 Å². The first-order valence-electron chi connectivity index (χ1n) is 23.5. The molecule has 0 spiro atoms. The van der Waals surface area contributed by atoms with E-state index in [0.717, 1.165) is 115 Å². The fourth-order valence-corrected chi connectivity index (χ4v) is 11.9. The number of aromatic nitrogens is 4. The van der Waals surface area contributed by atoms with Crippen LogP contribution in [0.25, 0.3) is 132 Å². The van der Waals surface area contributed by atoms with Gasteiger partial charge in [-0.25, -0.2) is 0 Å². The standard InChI is InChI=1S/C63H36N6O/c1-37-30-31-56-45(32-37)46-33-47-44-22-8-15-29-58(44)70-59(47)34-57(46)69(56)60-48(35-64)61(66-50-23-9-2-16-38(50)39-17-3-10-24-51(39)66)63(68-54-27-13-6-20-42(54)43-21-7-14-28-55(43)68)62(49(60)36-65)67-52-25-11-4-18-40(52)41-19-5-12-26-53(41)67/h2-34H,1H3. The van der Waals surface area contributed by atoms with Crippen molar-refractivity contribution in [2.75, 3.05) is 0 Å². The molecule has 0 saturated carbocycles. The number of aryl methyl sites for hydroxylation is 1. The summed E-state index contributed by atoms with van der Waals surface area (Å²) in [6, 6.07) is 75.3. The molecule has 70 heavy (non-hydrogen) atoms. The van der Waals surface area contributed by atoms with Gasteiger partial charge >= 0.3 is 0 Å². The zero-order valence-corrected chi connectivity index (χ0v) is 37.6. The van der Waals surface area contributed by atoms with E-state index < -0.39 is 0 Å². The van der Waals surface area contributed by atoms with Crippen LogP contribution >= 0.6 is 0 Å². The Bertz CT molecular complexity index is 4570. The van der Waals surface area contributed by atoms with E-state index in [2.05, 4.69) is 219 Å². The number of nitriles is 2. The van der Waals surface area contributed by atoms with E-state index in [9.17, 15) is 10.5 Å². The molecule has 0 amide bonds. The lowest BCUT2D eigenvalue weighted by Crippen LogP contribution is -2.16. The minimum atomic E-state index is 0.355. The van der Waals surface area contributed by atoms with Crippen LogP contribution in [0.3, 0.4) is 0 Å². The van der Waals surface area contributed by atoms with Gasteiger partial charge in [0.1, 0.15) is 34.4 Å². The predicted octanol–water partition coefficient (Wildman–Crippen LogP) is 16.0. The molecule has 0 aliphatic rings. The molecule has 0 saturated heterocycles. The van der Waals surface area contributed by atoms with Crippen LogP contribution in [0, 0.1) is 29.6 Å². The second kappa shape index (κ2) is 14.1. The highest BCUT2D eigenvalue weighted by Crippen LogP contribution is 2.49. The van der Waals surface area contributed by atoms with Gasteiger partial charge in [0, 0.05) is 59.9 Å². The monoisotopic (exact) mass is 892 g/mol. The van der Waals surface area contributed by atoms with Crippen LogP contribution in [-0.2, 0) is 0 Å². The predicted molar refractivity (Wildman–Crippen MR) is 285 cm³/mol. The number of rotatable bonds is 4. The Morgan fingerprint density at radius 1 is 0.300 bits per heavy atom. The molecule has 0 unspecified atom stereocenters. The maximum atomic E-state index is 12.4. The Kier molecular flexibility index (Phi) is 7.72. The van der Waals surface area contributed by atoms with Gasteiger partial charge in [0.05, 0.1) is 66.9 Å². The lowest BCUT2D eigenvalue weighted by atomic mass is 9.98. The maximum absolute atomic E-state index is 12.4. The van der Waals surface area contributed by atoms with E-state index in [4.69, 9.17) is 4.42 Å². The Labute approximate surface area is 399 Å². The smallest absolute Gasteiger partial charge is 0.137 e. The Morgan fingerprint density at radius 2 is 0.657 bits per heavy atom. The summed E-state index contributed by atoms with van der Waals surface area (Å²) in [5.41, 5.74) is 13.2. The van der Waals surface area contributed by atoms with Gasteiger partial charge in [-0.2, -0.15) is 10.5 Å². The highest BCUT2D eigenvalue weighted by atomic mass is 16.3. The number of hydrogen-bond acceptors (Lipinski definition) is 3. The van der Waals surface area contributed by atoms with E-state index in [0.29, 0.717) is 33.9 Å². The summed E-state index contributed by atoms with van der Waals surface area (Å²) in [4.78, 5) is 0. The van der Waals surface area contributed by atoms with E-state index in [1.54, 1.807) is 0 Å². The molecule has 0 radical (unpaired) electrons. The first-order valence-corrected chi connectivity index (χ1v) is 23.5. The molecule has 5 heterocycles. The van der Waals surface area contributed by atoms with Gasteiger partial charge in [0.2, 0.25) is 0 Å². The molecule has 0 N–H and O–H groups in total. The summed E-state index contributed by atoms with van der Waals surface area (Å²) in [6.45, 7) is 2.11. The fraction of sp³-hybridized carbons (Fsp3) is 0.0159. The second-order valence-electron chi connectivity index (χ2n) is 18.3. The highest BCUT2D eigenvalue weighted by molar-refractivity contribution is 6.19. The lowest BCUT2D eigenvalue weighted by Gasteiger charge is -2.27. The summed E-state index contributed by atoms with van der Waals surface area (Å²) in [6.07, 6.45) is 0. The molecule has 15 aromatic rings. The molecule has 5 aromatic heterocycles. The van der Waals surface area contributed by atoms with E-state index in [-0.39, 0.29) is 0 Å². The Hall–Kier alpha value is -9.82. The molecule has 0 aliphatic heterocycles. The molecular formula is C63H36N6O. The summed E-state index contributed by atoms with van der Waals surface area (Å²) in [7, 11) is 0. The Morgan fingerprint density at radius 3 is 1.10 bits per heavy atom. The summed E-state index contributed by atoms with van der Waals surface area (Å²) < 4.78 is 15.7. The van der Waals surface area contributed by atoms with Gasteiger partial charge in [-0.3, -0.25) is 0 Å². The third-order valence-electron chi connectivity index (χ3n) is 14.7. The molecule has 15 rings (SSSR count). The van der Waals surface area contributed by atoms with Crippen LogP contribution in [0.15, 0.2) is 205 Å². The number of furan rings is 1. The van der Waals surface area contributed by atoms with Crippen LogP contribution in [0.2, 0.25) is 0 Å². The highest BCUT2D eigenvalue weighted by Gasteiger charge is 2.34. The molecule has 7 heteroatoms. The second-order valence-corrected chi connectivity index (χ2v) is 18.3. The largest absolute Gasteiger partial charge is 0.456 e. The minimum absolute atomic E-state index is 0.355. The van der Waals surface area contributed by atoms with Crippen molar-refractivity contribution in [2.45, 2.75) is 6.92 Å². The van der Waals surface area contributed by atoms with Gasteiger partial charge in [0.25, 0.3) is 0 Å². The zero-order chi connectivity index (χ0) is 46.4. The van der Waals surface area contributed by atoms with Crippen LogP contribution in [0.5, 0.6) is 0 Å². The minimum Gasteiger partial charge on any atom is -0.456 e. The normalized spacial score (nSPS) is 12.0. The van der Waals surface area contributed by atoms with Crippen molar-refractivity contribution < 1.29 is 4.42 Å². The molecule has 324 valence electrons. The topological polar surface area (TPSA) is 80.4 Å². The van der Waals surface area contributed by atoms with Crippen molar-refractivity contribution in [1.29, 1.82) is 10.5 Å². The van der Waals surface area contributed by atoms with Crippen molar-refractivity contribution in [3.8, 4) is 34.9 Å². The number of nitrogens with zero attached hydrogens (tertiary/aromatic N) is 6. The van der Waals surface area contributed by atoms with Crippen LogP contribution < -0.4 is 0 Å². The van der Waals surface area contributed by atoms with Crippen LogP contribution in [0.4, 0.5) is 0 Å². The number of fused-ring (bicyclic) bond motifs is 15. The average molecular weight is 893 g/mol.